The van der Waals surface area contributed by atoms with Gasteiger partial charge in [0.05, 0.1) is 13.2 Å². The van der Waals surface area contributed by atoms with Crippen LogP contribution in [0.1, 0.15) is 28.8 Å². The maximum absolute atomic E-state index is 11.2. The fourth-order valence-corrected chi connectivity index (χ4v) is 2.59. The molecule has 4 N–H and O–H groups in total. The normalized spacial score (nSPS) is 17.5. The lowest BCUT2D eigenvalue weighted by Crippen LogP contribution is -2.37. The summed E-state index contributed by atoms with van der Waals surface area (Å²) in [6.07, 6.45) is 2.01. The molecular formula is C18H28N4O3. The molecule has 0 bridgehead atoms. The zero-order valence-electron chi connectivity index (χ0n) is 14.8. The third-order valence-electron chi connectivity index (χ3n) is 4.03. The van der Waals surface area contributed by atoms with Gasteiger partial charge in [-0.25, -0.2) is 0 Å². The topological polar surface area (TPSA) is 98.0 Å². The van der Waals surface area contributed by atoms with Crippen LogP contribution >= 0.6 is 0 Å². The number of aliphatic imine (C=N–C) groups is 1. The average Bonchev–Trinajstić information content (AvgIpc) is 3.14. The molecule has 1 aromatic rings. The maximum atomic E-state index is 11.2. The van der Waals surface area contributed by atoms with Crippen LogP contribution in [0.3, 0.4) is 0 Å². The van der Waals surface area contributed by atoms with Crippen molar-refractivity contribution in [2.24, 2.45) is 16.6 Å². The zero-order chi connectivity index (χ0) is 17.9. The molecular weight excluding hydrogens is 320 g/mol. The highest BCUT2D eigenvalue weighted by Gasteiger charge is 2.15. The third kappa shape index (κ3) is 7.11. The molecule has 0 spiro atoms. The third-order valence-corrected chi connectivity index (χ3v) is 4.03. The molecule has 0 aliphatic carbocycles. The Morgan fingerprint density at radius 3 is 3.04 bits per heavy atom. The summed E-state index contributed by atoms with van der Waals surface area (Å²) in [4.78, 5) is 15.4. The van der Waals surface area contributed by atoms with Crippen LogP contribution in [0, 0.1) is 5.92 Å². The number of carbonyl (C=O) groups is 1. The Morgan fingerprint density at radius 1 is 1.44 bits per heavy atom. The second-order valence-electron chi connectivity index (χ2n) is 6.08. The van der Waals surface area contributed by atoms with Crippen LogP contribution in [0.15, 0.2) is 29.3 Å². The zero-order valence-corrected chi connectivity index (χ0v) is 14.8. The van der Waals surface area contributed by atoms with Crippen molar-refractivity contribution in [3.8, 4) is 0 Å². The van der Waals surface area contributed by atoms with Crippen molar-refractivity contribution in [1.29, 1.82) is 0 Å². The van der Waals surface area contributed by atoms with E-state index in [1.165, 1.54) is 0 Å². The molecule has 7 heteroatoms. The highest BCUT2D eigenvalue weighted by atomic mass is 16.5. The van der Waals surface area contributed by atoms with Gasteiger partial charge in [0, 0.05) is 44.8 Å². The number of benzene rings is 1. The Kier molecular flexibility index (Phi) is 8.21. The molecule has 2 rings (SSSR count). The lowest BCUT2D eigenvalue weighted by molar-refractivity contribution is 0.0888. The monoisotopic (exact) mass is 348 g/mol. The molecule has 1 saturated heterocycles. The first kappa shape index (κ1) is 19.2. The number of hydrogen-bond acceptors (Lipinski definition) is 4. The summed E-state index contributed by atoms with van der Waals surface area (Å²) in [5, 5.41) is 6.46. The van der Waals surface area contributed by atoms with Crippen LogP contribution < -0.4 is 16.4 Å². The second kappa shape index (κ2) is 10.7. The van der Waals surface area contributed by atoms with Gasteiger partial charge in [-0.3, -0.25) is 9.79 Å². The largest absolute Gasteiger partial charge is 0.381 e. The number of guanidine groups is 1. The summed E-state index contributed by atoms with van der Waals surface area (Å²) in [7, 11) is 1.73. The van der Waals surface area contributed by atoms with Crippen molar-refractivity contribution in [1.82, 2.24) is 10.6 Å². The number of carbonyl (C=O) groups excluding carboxylic acids is 1. The standard InChI is InChI=1S/C18H28N4O3/c1-20-18(21-7-3-8-24-12-15-6-9-25-13-15)22-11-14-4-2-5-16(10-14)17(19)23/h2,4-5,10,15H,3,6-9,11-13H2,1H3,(H2,19,23)(H2,20,21,22). The van der Waals surface area contributed by atoms with E-state index >= 15 is 0 Å². The van der Waals surface area contributed by atoms with E-state index in [1.807, 2.05) is 12.1 Å². The Hall–Kier alpha value is -2.12. The molecule has 0 radical (unpaired) electrons. The Bertz CT molecular complexity index is 571. The van der Waals surface area contributed by atoms with Gasteiger partial charge in [0.15, 0.2) is 5.96 Å². The summed E-state index contributed by atoms with van der Waals surface area (Å²) in [5.74, 6) is 0.848. The van der Waals surface area contributed by atoms with Crippen LogP contribution in [0.5, 0.6) is 0 Å². The van der Waals surface area contributed by atoms with Gasteiger partial charge < -0.3 is 25.8 Å². The van der Waals surface area contributed by atoms with Gasteiger partial charge in [0.1, 0.15) is 0 Å². The number of ether oxygens (including phenoxy) is 2. The minimum absolute atomic E-state index is 0.423. The number of nitrogens with one attached hydrogen (secondary N) is 2. The van der Waals surface area contributed by atoms with Crippen LogP contribution in [0.25, 0.3) is 0 Å². The number of primary amides is 1. The number of nitrogens with two attached hydrogens (primary N) is 1. The van der Waals surface area contributed by atoms with Crippen LogP contribution in [0.4, 0.5) is 0 Å². The van der Waals surface area contributed by atoms with Crippen molar-refractivity contribution in [3.05, 3.63) is 35.4 Å². The fourth-order valence-electron chi connectivity index (χ4n) is 2.59. The SMILES string of the molecule is CN=C(NCCCOCC1CCOC1)NCc1cccc(C(N)=O)c1. The predicted molar refractivity (Wildman–Crippen MR) is 97.5 cm³/mol. The van der Waals surface area contributed by atoms with Crippen LogP contribution in [-0.4, -0.2) is 51.9 Å². The highest BCUT2D eigenvalue weighted by molar-refractivity contribution is 5.92. The molecule has 0 aromatic heterocycles. The van der Waals surface area contributed by atoms with E-state index in [-0.39, 0.29) is 0 Å². The molecule has 1 aromatic carbocycles. The first-order chi connectivity index (χ1) is 12.2. The van der Waals surface area contributed by atoms with Gasteiger partial charge in [-0.2, -0.15) is 0 Å². The van der Waals surface area contributed by atoms with E-state index in [1.54, 1.807) is 19.2 Å². The number of hydrogen-bond donors (Lipinski definition) is 3. The molecule has 1 aliphatic rings. The molecule has 0 saturated carbocycles. The van der Waals surface area contributed by atoms with E-state index in [4.69, 9.17) is 15.2 Å². The minimum Gasteiger partial charge on any atom is -0.381 e. The molecule has 1 atom stereocenters. The van der Waals surface area contributed by atoms with Gasteiger partial charge in [0.2, 0.25) is 5.91 Å². The Labute approximate surface area is 149 Å². The summed E-state index contributed by atoms with van der Waals surface area (Å²) < 4.78 is 11.0. The van der Waals surface area contributed by atoms with Crippen molar-refractivity contribution in [2.45, 2.75) is 19.4 Å². The van der Waals surface area contributed by atoms with E-state index < -0.39 is 5.91 Å². The van der Waals surface area contributed by atoms with E-state index in [0.717, 1.165) is 51.4 Å². The molecule has 138 valence electrons. The molecule has 25 heavy (non-hydrogen) atoms. The first-order valence-corrected chi connectivity index (χ1v) is 8.68. The number of amides is 1. The van der Waals surface area contributed by atoms with Gasteiger partial charge in [-0.1, -0.05) is 12.1 Å². The fraction of sp³-hybridized carbons (Fsp3) is 0.556. The van der Waals surface area contributed by atoms with E-state index in [2.05, 4.69) is 15.6 Å². The summed E-state index contributed by atoms with van der Waals surface area (Å²) in [6, 6.07) is 7.24. The van der Waals surface area contributed by atoms with E-state index in [9.17, 15) is 4.79 Å². The highest BCUT2D eigenvalue weighted by Crippen LogP contribution is 2.12. The maximum Gasteiger partial charge on any atom is 0.248 e. The predicted octanol–water partition coefficient (Wildman–Crippen LogP) is 0.894. The van der Waals surface area contributed by atoms with Crippen molar-refractivity contribution in [3.63, 3.8) is 0 Å². The van der Waals surface area contributed by atoms with Crippen LogP contribution in [0.2, 0.25) is 0 Å². The van der Waals surface area contributed by atoms with Crippen molar-refractivity contribution in [2.75, 3.05) is 40.0 Å². The minimum atomic E-state index is -0.423. The summed E-state index contributed by atoms with van der Waals surface area (Å²) >= 11 is 0. The number of nitrogens with zero attached hydrogens (tertiary/aromatic N) is 1. The molecule has 7 nitrogen and oxygen atoms in total. The van der Waals surface area contributed by atoms with Crippen molar-refractivity contribution < 1.29 is 14.3 Å². The Morgan fingerprint density at radius 2 is 2.32 bits per heavy atom. The molecule has 1 aliphatic heterocycles. The molecule has 1 heterocycles. The quantitative estimate of drug-likeness (QED) is 0.350. The Balaban J connectivity index is 1.60. The molecule has 1 unspecified atom stereocenters. The molecule has 1 amide bonds. The summed E-state index contributed by atoms with van der Waals surface area (Å²) in [6.45, 7) is 4.54. The van der Waals surface area contributed by atoms with Gasteiger partial charge in [-0.15, -0.1) is 0 Å². The van der Waals surface area contributed by atoms with Crippen molar-refractivity contribution >= 4 is 11.9 Å². The lowest BCUT2D eigenvalue weighted by Gasteiger charge is -2.13. The van der Waals surface area contributed by atoms with E-state index in [0.29, 0.717) is 24.0 Å². The molecule has 1 fully saturated rings. The number of rotatable bonds is 9. The van der Waals surface area contributed by atoms with Gasteiger partial charge in [0.25, 0.3) is 0 Å². The summed E-state index contributed by atoms with van der Waals surface area (Å²) in [5.41, 5.74) is 6.78. The van der Waals surface area contributed by atoms with Gasteiger partial charge in [-0.05, 0) is 30.5 Å². The average molecular weight is 348 g/mol. The van der Waals surface area contributed by atoms with Gasteiger partial charge >= 0.3 is 0 Å². The first-order valence-electron chi connectivity index (χ1n) is 8.68. The lowest BCUT2D eigenvalue weighted by atomic mass is 10.1. The second-order valence-corrected chi connectivity index (χ2v) is 6.08. The van der Waals surface area contributed by atoms with Crippen LogP contribution in [-0.2, 0) is 16.0 Å². The smallest absolute Gasteiger partial charge is 0.248 e.